The maximum Gasteiger partial charge on any atom is 0.322 e. The van der Waals surface area contributed by atoms with E-state index in [4.69, 9.17) is 5.73 Å². The zero-order valence-corrected chi connectivity index (χ0v) is 5.96. The van der Waals surface area contributed by atoms with Gasteiger partial charge in [-0.15, -0.1) is 0 Å². The van der Waals surface area contributed by atoms with E-state index >= 15 is 0 Å². The molecule has 2 unspecified atom stereocenters. The molecular weight excluding hydrogens is 132 g/mol. The highest BCUT2D eigenvalue weighted by Gasteiger charge is 2.27. The molecule has 1 aliphatic rings. The molecule has 2 atom stereocenters. The van der Waals surface area contributed by atoms with Gasteiger partial charge in [-0.2, -0.15) is 0 Å². The van der Waals surface area contributed by atoms with Crippen LogP contribution in [0.5, 0.6) is 0 Å². The lowest BCUT2D eigenvalue weighted by molar-refractivity contribution is -0.142. The first-order valence-corrected chi connectivity index (χ1v) is 3.31. The minimum absolute atomic E-state index is 0.101. The maximum absolute atomic E-state index is 10.8. The van der Waals surface area contributed by atoms with E-state index in [0.29, 0.717) is 13.0 Å². The Hall–Kier alpha value is -0.610. The Kier molecular flexibility index (Phi) is 2.24. The topological polar surface area (TPSA) is 64.3 Å². The summed E-state index contributed by atoms with van der Waals surface area (Å²) in [5, 5.41) is 2.96. The van der Waals surface area contributed by atoms with Gasteiger partial charge in [0.25, 0.3) is 0 Å². The van der Waals surface area contributed by atoms with Crippen LogP contribution in [-0.2, 0) is 9.53 Å². The van der Waals surface area contributed by atoms with Crippen LogP contribution < -0.4 is 11.1 Å². The zero-order chi connectivity index (χ0) is 7.56. The van der Waals surface area contributed by atoms with Crippen molar-refractivity contribution in [1.82, 2.24) is 5.32 Å². The molecule has 0 aliphatic carbocycles. The van der Waals surface area contributed by atoms with Gasteiger partial charge >= 0.3 is 5.97 Å². The standard InChI is InChI=1S/C6H12N2O2/c1-10-6(9)5-2-4(7)3-8-5/h4-5,8H,2-3,7H2,1H3. The second-order valence-corrected chi connectivity index (χ2v) is 2.48. The molecule has 0 spiro atoms. The van der Waals surface area contributed by atoms with Gasteiger partial charge in [0.2, 0.25) is 0 Å². The summed E-state index contributed by atoms with van der Waals surface area (Å²) in [6, 6.07) is -0.0795. The average molecular weight is 144 g/mol. The summed E-state index contributed by atoms with van der Waals surface area (Å²) < 4.78 is 4.53. The largest absolute Gasteiger partial charge is 0.468 e. The van der Waals surface area contributed by atoms with Crippen molar-refractivity contribution in [2.45, 2.75) is 18.5 Å². The molecule has 10 heavy (non-hydrogen) atoms. The van der Waals surface area contributed by atoms with E-state index in [1.54, 1.807) is 0 Å². The lowest BCUT2D eigenvalue weighted by Crippen LogP contribution is -2.31. The highest BCUT2D eigenvalue weighted by atomic mass is 16.5. The molecule has 0 radical (unpaired) electrons. The molecule has 1 heterocycles. The van der Waals surface area contributed by atoms with Gasteiger partial charge in [0, 0.05) is 12.6 Å². The highest BCUT2D eigenvalue weighted by molar-refractivity contribution is 5.76. The quantitative estimate of drug-likeness (QED) is 0.456. The number of carbonyl (C=O) groups is 1. The predicted octanol–water partition coefficient (Wildman–Crippen LogP) is -1.15. The lowest BCUT2D eigenvalue weighted by Gasteiger charge is -2.05. The summed E-state index contributed by atoms with van der Waals surface area (Å²) >= 11 is 0. The van der Waals surface area contributed by atoms with Crippen molar-refractivity contribution in [1.29, 1.82) is 0 Å². The Labute approximate surface area is 59.7 Å². The summed E-state index contributed by atoms with van der Waals surface area (Å²) in [5.74, 6) is -0.215. The predicted molar refractivity (Wildman–Crippen MR) is 36.4 cm³/mol. The normalized spacial score (nSPS) is 32.2. The third-order valence-electron chi connectivity index (χ3n) is 1.65. The van der Waals surface area contributed by atoms with Crippen LogP contribution >= 0.6 is 0 Å². The monoisotopic (exact) mass is 144 g/mol. The van der Waals surface area contributed by atoms with Gasteiger partial charge in [-0.1, -0.05) is 0 Å². The summed E-state index contributed by atoms with van der Waals surface area (Å²) in [5.41, 5.74) is 5.55. The Morgan fingerprint density at radius 2 is 2.50 bits per heavy atom. The second kappa shape index (κ2) is 2.98. The van der Waals surface area contributed by atoms with Crippen molar-refractivity contribution < 1.29 is 9.53 Å². The first kappa shape index (κ1) is 7.50. The molecule has 1 rings (SSSR count). The number of hydrogen-bond donors (Lipinski definition) is 2. The van der Waals surface area contributed by atoms with Crippen LogP contribution in [0.15, 0.2) is 0 Å². The van der Waals surface area contributed by atoms with Crippen LogP contribution in [-0.4, -0.2) is 31.7 Å². The highest BCUT2D eigenvalue weighted by Crippen LogP contribution is 2.04. The summed E-state index contributed by atoms with van der Waals surface area (Å²) in [4.78, 5) is 10.8. The first-order chi connectivity index (χ1) is 4.74. The van der Waals surface area contributed by atoms with E-state index < -0.39 is 0 Å². The van der Waals surface area contributed by atoms with E-state index in [9.17, 15) is 4.79 Å². The van der Waals surface area contributed by atoms with Crippen molar-refractivity contribution in [3.63, 3.8) is 0 Å². The first-order valence-electron chi connectivity index (χ1n) is 3.31. The molecule has 0 aromatic heterocycles. The third kappa shape index (κ3) is 1.46. The van der Waals surface area contributed by atoms with Crippen LogP contribution in [0.25, 0.3) is 0 Å². The lowest BCUT2D eigenvalue weighted by atomic mass is 10.2. The van der Waals surface area contributed by atoms with Gasteiger partial charge in [-0.25, -0.2) is 0 Å². The van der Waals surface area contributed by atoms with Gasteiger partial charge in [0.1, 0.15) is 6.04 Å². The Morgan fingerprint density at radius 3 is 2.90 bits per heavy atom. The Morgan fingerprint density at radius 1 is 1.80 bits per heavy atom. The van der Waals surface area contributed by atoms with Crippen molar-refractivity contribution in [2.24, 2.45) is 5.73 Å². The maximum atomic E-state index is 10.8. The molecule has 3 N–H and O–H groups in total. The van der Waals surface area contributed by atoms with E-state index in [2.05, 4.69) is 10.1 Å². The van der Waals surface area contributed by atoms with Gasteiger partial charge in [-0.05, 0) is 6.42 Å². The van der Waals surface area contributed by atoms with Gasteiger partial charge in [0.15, 0.2) is 0 Å². The Bertz CT molecular complexity index is 138. The molecule has 1 saturated heterocycles. The van der Waals surface area contributed by atoms with Gasteiger partial charge in [-0.3, -0.25) is 4.79 Å². The fourth-order valence-electron chi connectivity index (χ4n) is 1.08. The Balaban J connectivity index is 2.37. The van der Waals surface area contributed by atoms with Crippen LogP contribution in [0.3, 0.4) is 0 Å². The van der Waals surface area contributed by atoms with Crippen molar-refractivity contribution >= 4 is 5.97 Å². The van der Waals surface area contributed by atoms with E-state index in [-0.39, 0.29) is 18.1 Å². The molecule has 1 aliphatic heterocycles. The van der Waals surface area contributed by atoms with E-state index in [1.165, 1.54) is 7.11 Å². The van der Waals surface area contributed by atoms with Gasteiger partial charge in [0.05, 0.1) is 7.11 Å². The minimum atomic E-state index is -0.215. The number of methoxy groups -OCH3 is 1. The number of carbonyl (C=O) groups excluding carboxylic acids is 1. The number of nitrogens with two attached hydrogens (primary N) is 1. The minimum Gasteiger partial charge on any atom is -0.468 e. The number of rotatable bonds is 1. The molecule has 1 fully saturated rings. The molecule has 4 nitrogen and oxygen atoms in total. The molecule has 0 aromatic rings. The molecule has 0 saturated carbocycles. The van der Waals surface area contributed by atoms with Crippen LogP contribution in [0.4, 0.5) is 0 Å². The zero-order valence-electron chi connectivity index (χ0n) is 5.96. The number of nitrogens with one attached hydrogen (secondary N) is 1. The van der Waals surface area contributed by atoms with Crippen LogP contribution in [0.1, 0.15) is 6.42 Å². The molecule has 0 aromatic carbocycles. The summed E-state index contributed by atoms with van der Waals surface area (Å²) in [6.45, 7) is 0.708. The molecule has 4 heteroatoms. The molecular formula is C6H12N2O2. The van der Waals surface area contributed by atoms with Gasteiger partial charge < -0.3 is 15.8 Å². The smallest absolute Gasteiger partial charge is 0.322 e. The van der Waals surface area contributed by atoms with E-state index in [1.807, 2.05) is 0 Å². The molecule has 58 valence electrons. The van der Waals surface area contributed by atoms with E-state index in [0.717, 1.165) is 0 Å². The third-order valence-corrected chi connectivity index (χ3v) is 1.65. The van der Waals surface area contributed by atoms with Crippen molar-refractivity contribution in [3.05, 3.63) is 0 Å². The molecule has 0 amide bonds. The van der Waals surface area contributed by atoms with Crippen LogP contribution in [0.2, 0.25) is 0 Å². The fourth-order valence-corrected chi connectivity index (χ4v) is 1.08. The number of esters is 1. The summed E-state index contributed by atoms with van der Waals surface area (Å²) in [6.07, 6.45) is 0.687. The average Bonchev–Trinajstić information content (AvgIpc) is 2.34. The summed E-state index contributed by atoms with van der Waals surface area (Å²) in [7, 11) is 1.38. The fraction of sp³-hybridized carbons (Fsp3) is 0.833. The molecule has 0 bridgehead atoms. The second-order valence-electron chi connectivity index (χ2n) is 2.48. The SMILES string of the molecule is COC(=O)C1CC(N)CN1. The number of hydrogen-bond acceptors (Lipinski definition) is 4. The van der Waals surface area contributed by atoms with Crippen molar-refractivity contribution in [2.75, 3.05) is 13.7 Å². The number of ether oxygens (including phenoxy) is 1. The van der Waals surface area contributed by atoms with Crippen LogP contribution in [0, 0.1) is 0 Å². The van der Waals surface area contributed by atoms with Crippen molar-refractivity contribution in [3.8, 4) is 0 Å².